The molecule has 0 aliphatic carbocycles. The van der Waals surface area contributed by atoms with Crippen LogP contribution in [0.2, 0.25) is 5.02 Å². The van der Waals surface area contributed by atoms with Crippen molar-refractivity contribution in [1.29, 1.82) is 0 Å². The molecule has 27 heavy (non-hydrogen) atoms. The Kier molecular flexibility index (Phi) is 6.56. The Labute approximate surface area is 158 Å². The maximum Gasteiger partial charge on any atom is 0.273 e. The Morgan fingerprint density at radius 2 is 2.00 bits per heavy atom. The average molecular weight is 393 g/mol. The van der Waals surface area contributed by atoms with Gasteiger partial charge >= 0.3 is 0 Å². The quantitative estimate of drug-likeness (QED) is 0.446. The smallest absolute Gasteiger partial charge is 0.273 e. The molecule has 10 heteroatoms. The second-order valence-corrected chi connectivity index (χ2v) is 5.73. The van der Waals surface area contributed by atoms with Crippen LogP contribution >= 0.6 is 11.6 Å². The van der Waals surface area contributed by atoms with E-state index < -0.39 is 29.1 Å². The highest BCUT2D eigenvalue weighted by Gasteiger charge is 2.18. The molecule has 0 spiro atoms. The number of amides is 2. The van der Waals surface area contributed by atoms with Crippen molar-refractivity contribution < 1.29 is 18.9 Å². The Morgan fingerprint density at radius 1 is 1.30 bits per heavy atom. The fourth-order valence-electron chi connectivity index (χ4n) is 2.17. The monoisotopic (exact) mass is 392 g/mol. The molecule has 2 aromatic carbocycles. The lowest BCUT2D eigenvalue weighted by Gasteiger charge is -2.07. The molecule has 0 radical (unpaired) electrons. The molecule has 140 valence electrons. The van der Waals surface area contributed by atoms with E-state index in [0.717, 1.165) is 6.21 Å². The van der Waals surface area contributed by atoms with E-state index in [0.29, 0.717) is 0 Å². The predicted molar refractivity (Wildman–Crippen MR) is 97.3 cm³/mol. The van der Waals surface area contributed by atoms with Crippen LogP contribution in [0.4, 0.5) is 10.1 Å². The van der Waals surface area contributed by atoms with E-state index in [-0.39, 0.29) is 27.4 Å². The van der Waals surface area contributed by atoms with Crippen molar-refractivity contribution in [3.05, 3.63) is 74.0 Å². The van der Waals surface area contributed by atoms with Crippen LogP contribution in [0.5, 0.6) is 0 Å². The van der Waals surface area contributed by atoms with Crippen LogP contribution in [-0.2, 0) is 4.79 Å². The molecule has 0 fully saturated rings. The summed E-state index contributed by atoms with van der Waals surface area (Å²) in [6, 6.07) is 8.16. The van der Waals surface area contributed by atoms with Gasteiger partial charge in [0.25, 0.3) is 17.5 Å². The van der Waals surface area contributed by atoms with Crippen LogP contribution in [0.1, 0.15) is 21.5 Å². The molecule has 0 bridgehead atoms. The molecular formula is C17H14ClFN4O4. The van der Waals surface area contributed by atoms with Gasteiger partial charge in [0.1, 0.15) is 5.82 Å². The van der Waals surface area contributed by atoms with Gasteiger partial charge in [0.05, 0.1) is 22.7 Å². The van der Waals surface area contributed by atoms with Crippen LogP contribution in [0.15, 0.2) is 41.5 Å². The molecule has 0 atom stereocenters. The lowest BCUT2D eigenvalue weighted by molar-refractivity contribution is -0.385. The summed E-state index contributed by atoms with van der Waals surface area (Å²) in [5.74, 6) is -1.92. The summed E-state index contributed by atoms with van der Waals surface area (Å²) in [4.78, 5) is 34.1. The predicted octanol–water partition coefficient (Wildman–Crippen LogP) is 2.58. The number of nitro groups is 1. The number of halogens is 2. The Bertz CT molecular complexity index is 913. The van der Waals surface area contributed by atoms with Crippen molar-refractivity contribution in [2.24, 2.45) is 5.10 Å². The van der Waals surface area contributed by atoms with Crippen molar-refractivity contribution in [1.82, 2.24) is 10.7 Å². The zero-order valence-electron chi connectivity index (χ0n) is 14.0. The molecule has 2 amide bonds. The van der Waals surface area contributed by atoms with Crippen molar-refractivity contribution in [2.45, 2.75) is 6.92 Å². The number of carbonyl (C=O) groups excluding carboxylic acids is 2. The molecule has 2 rings (SSSR count). The number of nitrogens with one attached hydrogen (secondary N) is 2. The lowest BCUT2D eigenvalue weighted by Crippen LogP contribution is -2.35. The average Bonchev–Trinajstić information content (AvgIpc) is 2.62. The summed E-state index contributed by atoms with van der Waals surface area (Å²) >= 11 is 5.82. The molecule has 2 aromatic rings. The minimum atomic E-state index is -0.671. The van der Waals surface area contributed by atoms with Gasteiger partial charge in [-0.2, -0.15) is 5.10 Å². The molecule has 0 saturated carbocycles. The number of carbonyl (C=O) groups is 2. The SMILES string of the molecule is Cc1c(C(=O)NCC(=O)N/N=C\c2c(F)cccc2Cl)cccc1[N+](=O)[O-]. The first-order chi connectivity index (χ1) is 12.8. The standard InChI is InChI=1S/C17H14ClFN4O4/c1-10-11(4-2-7-15(10)23(26)27)17(25)20-9-16(24)22-21-8-12-13(18)5-3-6-14(12)19/h2-8H,9H2,1H3,(H,20,25)(H,22,24)/b21-8-. The number of benzene rings is 2. The fraction of sp³-hybridized carbons (Fsp3) is 0.118. The summed E-state index contributed by atoms with van der Waals surface area (Å²) in [7, 11) is 0. The summed E-state index contributed by atoms with van der Waals surface area (Å²) in [6.45, 7) is 1.01. The van der Waals surface area contributed by atoms with Gasteiger partial charge in [-0.15, -0.1) is 0 Å². The summed E-state index contributed by atoms with van der Waals surface area (Å²) in [5.41, 5.74) is 2.20. The van der Waals surface area contributed by atoms with Gasteiger partial charge in [-0.05, 0) is 25.1 Å². The minimum Gasteiger partial charge on any atom is -0.343 e. The third-order valence-corrected chi connectivity index (χ3v) is 3.87. The van der Waals surface area contributed by atoms with Crippen molar-refractivity contribution in [3.63, 3.8) is 0 Å². The largest absolute Gasteiger partial charge is 0.343 e. The van der Waals surface area contributed by atoms with Crippen LogP contribution in [-0.4, -0.2) is 29.5 Å². The molecule has 2 N–H and O–H groups in total. The lowest BCUT2D eigenvalue weighted by atomic mass is 10.1. The third-order valence-electron chi connectivity index (χ3n) is 3.54. The molecular weight excluding hydrogens is 379 g/mol. The van der Waals surface area contributed by atoms with Crippen molar-refractivity contribution in [2.75, 3.05) is 6.54 Å². The Hall–Kier alpha value is -3.33. The van der Waals surface area contributed by atoms with Gasteiger partial charge in [-0.25, -0.2) is 9.82 Å². The van der Waals surface area contributed by atoms with Crippen molar-refractivity contribution >= 4 is 35.3 Å². The van der Waals surface area contributed by atoms with E-state index in [1.54, 1.807) is 0 Å². The zero-order valence-corrected chi connectivity index (χ0v) is 14.8. The van der Waals surface area contributed by atoms with Gasteiger partial charge in [-0.1, -0.05) is 23.7 Å². The summed E-state index contributed by atoms with van der Waals surface area (Å²) in [5, 5.41) is 16.9. The highest BCUT2D eigenvalue weighted by molar-refractivity contribution is 6.33. The van der Waals surface area contributed by atoms with E-state index >= 15 is 0 Å². The molecule has 0 saturated heterocycles. The molecule has 0 aromatic heterocycles. The van der Waals surface area contributed by atoms with Gasteiger partial charge in [0, 0.05) is 22.8 Å². The maximum absolute atomic E-state index is 13.6. The Morgan fingerprint density at radius 3 is 2.67 bits per heavy atom. The van der Waals surface area contributed by atoms with Crippen molar-refractivity contribution in [3.8, 4) is 0 Å². The van der Waals surface area contributed by atoms with E-state index in [1.807, 2.05) is 0 Å². The molecule has 8 nitrogen and oxygen atoms in total. The van der Waals surface area contributed by atoms with E-state index in [4.69, 9.17) is 11.6 Å². The Balaban J connectivity index is 1.94. The second-order valence-electron chi connectivity index (χ2n) is 5.32. The molecule has 0 aliphatic heterocycles. The van der Waals surface area contributed by atoms with Crippen LogP contribution < -0.4 is 10.7 Å². The van der Waals surface area contributed by atoms with E-state index in [9.17, 15) is 24.1 Å². The molecule has 0 unspecified atom stereocenters. The van der Waals surface area contributed by atoms with E-state index in [1.165, 1.54) is 43.3 Å². The number of rotatable bonds is 6. The van der Waals surface area contributed by atoms with Gasteiger partial charge in [0.2, 0.25) is 0 Å². The third kappa shape index (κ3) is 5.08. The van der Waals surface area contributed by atoms with Crippen LogP contribution in [0.25, 0.3) is 0 Å². The first-order valence-electron chi connectivity index (χ1n) is 7.59. The second kappa shape index (κ2) is 8.86. The summed E-state index contributed by atoms with van der Waals surface area (Å²) in [6.07, 6.45) is 1.04. The van der Waals surface area contributed by atoms with Crippen LogP contribution in [0, 0.1) is 22.9 Å². The number of hydrogen-bond donors (Lipinski definition) is 2. The highest BCUT2D eigenvalue weighted by atomic mass is 35.5. The van der Waals surface area contributed by atoms with E-state index in [2.05, 4.69) is 15.8 Å². The van der Waals surface area contributed by atoms with Gasteiger partial charge < -0.3 is 5.32 Å². The highest BCUT2D eigenvalue weighted by Crippen LogP contribution is 2.20. The number of nitrogens with zero attached hydrogens (tertiary/aromatic N) is 2. The zero-order chi connectivity index (χ0) is 20.0. The summed E-state index contributed by atoms with van der Waals surface area (Å²) < 4.78 is 13.6. The van der Waals surface area contributed by atoms with Gasteiger partial charge in [0.15, 0.2) is 0 Å². The first-order valence-corrected chi connectivity index (χ1v) is 7.97. The van der Waals surface area contributed by atoms with Crippen LogP contribution in [0.3, 0.4) is 0 Å². The van der Waals surface area contributed by atoms with Gasteiger partial charge in [-0.3, -0.25) is 19.7 Å². The maximum atomic E-state index is 13.6. The normalized spacial score (nSPS) is 10.6. The number of hydrogen-bond acceptors (Lipinski definition) is 5. The fourth-order valence-corrected chi connectivity index (χ4v) is 2.38. The number of hydrazone groups is 1. The molecule has 0 aliphatic rings. The minimum absolute atomic E-state index is 0.00993. The molecule has 0 heterocycles. The topological polar surface area (TPSA) is 114 Å². The number of nitro benzene ring substituents is 1. The first kappa shape index (κ1) is 20.0.